The van der Waals surface area contributed by atoms with Crippen molar-refractivity contribution in [2.24, 2.45) is 11.8 Å². The summed E-state index contributed by atoms with van der Waals surface area (Å²) in [6, 6.07) is 8.74. The third kappa shape index (κ3) is 5.33. The van der Waals surface area contributed by atoms with E-state index in [-0.39, 0.29) is 0 Å². The van der Waals surface area contributed by atoms with Crippen molar-refractivity contribution >= 4 is 5.69 Å². The second-order valence-corrected chi connectivity index (χ2v) is 7.06. The predicted molar refractivity (Wildman–Crippen MR) is 92.0 cm³/mol. The van der Waals surface area contributed by atoms with E-state index in [9.17, 15) is 0 Å². The van der Waals surface area contributed by atoms with E-state index in [2.05, 4.69) is 67.3 Å². The summed E-state index contributed by atoms with van der Waals surface area (Å²) in [6.45, 7) is 10.5. The lowest BCUT2D eigenvalue weighted by molar-refractivity contribution is 0.191. The number of likely N-dealkylation sites (N-methyl/N-ethyl adjacent to an activating group) is 1. The number of anilines is 1. The van der Waals surface area contributed by atoms with E-state index in [1.54, 1.807) is 0 Å². The molecule has 3 heteroatoms. The fraction of sp³-hybridized carbons (Fsp3) is 0.667. The number of benzene rings is 1. The number of rotatable bonds is 7. The van der Waals surface area contributed by atoms with Crippen LogP contribution in [0.25, 0.3) is 0 Å². The fourth-order valence-electron chi connectivity index (χ4n) is 3.12. The third-order valence-electron chi connectivity index (χ3n) is 4.11. The van der Waals surface area contributed by atoms with Crippen LogP contribution < -0.4 is 5.32 Å². The summed E-state index contributed by atoms with van der Waals surface area (Å²) in [6.07, 6.45) is 1.21. The van der Waals surface area contributed by atoms with Gasteiger partial charge in [-0.15, -0.1) is 0 Å². The second kappa shape index (κ2) is 7.81. The van der Waals surface area contributed by atoms with Crippen molar-refractivity contribution in [1.29, 1.82) is 0 Å². The molecule has 21 heavy (non-hydrogen) atoms. The zero-order valence-corrected chi connectivity index (χ0v) is 14.1. The predicted octanol–water partition coefficient (Wildman–Crippen LogP) is 2.79. The molecule has 1 aromatic carbocycles. The first-order chi connectivity index (χ1) is 10.0. The monoisotopic (exact) mass is 289 g/mol. The summed E-state index contributed by atoms with van der Waals surface area (Å²) in [7, 11) is 4.32. The Bertz CT molecular complexity index is 428. The van der Waals surface area contributed by atoms with Crippen molar-refractivity contribution in [2.45, 2.75) is 20.3 Å². The Labute approximate surface area is 130 Å². The minimum Gasteiger partial charge on any atom is -0.384 e. The van der Waals surface area contributed by atoms with Gasteiger partial charge in [0.15, 0.2) is 0 Å². The smallest absolute Gasteiger partial charge is 0.0372 e. The van der Waals surface area contributed by atoms with Crippen molar-refractivity contribution < 1.29 is 0 Å². The maximum atomic E-state index is 3.60. The van der Waals surface area contributed by atoms with Gasteiger partial charge >= 0.3 is 0 Å². The van der Waals surface area contributed by atoms with Crippen LogP contribution in [0.4, 0.5) is 5.69 Å². The highest BCUT2D eigenvalue weighted by atomic mass is 15.2. The Morgan fingerprint density at radius 1 is 1.19 bits per heavy atom. The van der Waals surface area contributed by atoms with Gasteiger partial charge in [-0.05, 0) is 44.0 Å². The molecule has 0 saturated carbocycles. The molecule has 2 rings (SSSR count). The first-order valence-corrected chi connectivity index (χ1v) is 8.23. The molecular weight excluding hydrogens is 258 g/mol. The van der Waals surface area contributed by atoms with E-state index in [0.717, 1.165) is 24.9 Å². The molecule has 0 saturated heterocycles. The first kappa shape index (κ1) is 16.3. The van der Waals surface area contributed by atoms with Crippen LogP contribution in [0.1, 0.15) is 19.4 Å². The van der Waals surface area contributed by atoms with Crippen molar-refractivity contribution in [1.82, 2.24) is 9.80 Å². The van der Waals surface area contributed by atoms with Crippen molar-refractivity contribution in [3.05, 3.63) is 29.8 Å². The maximum absolute atomic E-state index is 3.60. The molecule has 1 aliphatic rings. The topological polar surface area (TPSA) is 18.5 Å². The molecule has 1 aliphatic heterocycles. The molecule has 1 aromatic rings. The number of fused-ring (bicyclic) bond motifs is 1. The Hall–Kier alpha value is -1.06. The van der Waals surface area contributed by atoms with Crippen LogP contribution in [0.2, 0.25) is 0 Å². The van der Waals surface area contributed by atoms with Gasteiger partial charge in [-0.3, -0.25) is 0 Å². The fourth-order valence-corrected chi connectivity index (χ4v) is 3.12. The lowest BCUT2D eigenvalue weighted by Gasteiger charge is -2.33. The van der Waals surface area contributed by atoms with Crippen molar-refractivity contribution in [2.75, 3.05) is 52.1 Å². The van der Waals surface area contributed by atoms with Crippen LogP contribution in [0.15, 0.2) is 24.3 Å². The van der Waals surface area contributed by atoms with Gasteiger partial charge in [0, 0.05) is 38.4 Å². The van der Waals surface area contributed by atoms with Crippen LogP contribution >= 0.6 is 0 Å². The molecule has 0 aromatic heterocycles. The molecule has 3 nitrogen and oxygen atoms in total. The van der Waals surface area contributed by atoms with E-state index in [1.807, 2.05) is 0 Å². The summed E-state index contributed by atoms with van der Waals surface area (Å²) < 4.78 is 0. The maximum Gasteiger partial charge on any atom is 0.0372 e. The molecule has 1 heterocycles. The van der Waals surface area contributed by atoms with Crippen LogP contribution in [-0.4, -0.2) is 56.6 Å². The number of nitrogens with one attached hydrogen (secondary N) is 1. The molecule has 1 unspecified atom stereocenters. The Kier molecular flexibility index (Phi) is 6.07. The van der Waals surface area contributed by atoms with E-state index in [4.69, 9.17) is 0 Å². The van der Waals surface area contributed by atoms with Crippen molar-refractivity contribution in [3.8, 4) is 0 Å². The molecular formula is C18H31N3. The number of hydrogen-bond acceptors (Lipinski definition) is 3. The normalized spacial score (nSPS) is 18.1. The number of hydrogen-bond donors (Lipinski definition) is 1. The van der Waals surface area contributed by atoms with E-state index in [0.29, 0.717) is 0 Å². The molecule has 0 bridgehead atoms. The van der Waals surface area contributed by atoms with Gasteiger partial charge in [0.05, 0.1) is 0 Å². The Balaban J connectivity index is 1.91. The molecule has 118 valence electrons. The quantitative estimate of drug-likeness (QED) is 0.833. The number of nitrogens with zero attached hydrogens (tertiary/aromatic N) is 2. The molecule has 0 radical (unpaired) electrons. The van der Waals surface area contributed by atoms with Crippen LogP contribution in [0.5, 0.6) is 0 Å². The van der Waals surface area contributed by atoms with Gasteiger partial charge in [-0.1, -0.05) is 32.0 Å². The molecule has 1 N–H and O–H groups in total. The lowest BCUT2D eigenvalue weighted by Crippen LogP contribution is -2.40. The zero-order valence-electron chi connectivity index (χ0n) is 14.1. The second-order valence-electron chi connectivity index (χ2n) is 7.06. The van der Waals surface area contributed by atoms with Crippen LogP contribution in [0, 0.1) is 11.8 Å². The van der Waals surface area contributed by atoms with Crippen LogP contribution in [-0.2, 0) is 6.42 Å². The Morgan fingerprint density at radius 2 is 1.95 bits per heavy atom. The Morgan fingerprint density at radius 3 is 2.67 bits per heavy atom. The first-order valence-electron chi connectivity index (χ1n) is 8.23. The molecule has 0 amide bonds. The van der Waals surface area contributed by atoms with Crippen LogP contribution in [0.3, 0.4) is 0 Å². The summed E-state index contributed by atoms with van der Waals surface area (Å²) >= 11 is 0. The van der Waals surface area contributed by atoms with Gasteiger partial charge in [0.1, 0.15) is 0 Å². The number of para-hydroxylation sites is 1. The summed E-state index contributed by atoms with van der Waals surface area (Å²) in [5.74, 6) is 1.46. The largest absolute Gasteiger partial charge is 0.384 e. The van der Waals surface area contributed by atoms with Gasteiger partial charge in [-0.2, -0.15) is 0 Å². The average molecular weight is 289 g/mol. The minimum atomic E-state index is 0.723. The lowest BCUT2D eigenvalue weighted by atomic mass is 9.93. The summed E-state index contributed by atoms with van der Waals surface area (Å²) in [5.41, 5.74) is 2.81. The SMILES string of the molecule is CC(C)CN(CCN(C)C)CC1CNc2ccccc2C1. The van der Waals surface area contributed by atoms with Crippen molar-refractivity contribution in [3.63, 3.8) is 0 Å². The highest BCUT2D eigenvalue weighted by Crippen LogP contribution is 2.24. The third-order valence-corrected chi connectivity index (χ3v) is 4.11. The van der Waals surface area contributed by atoms with Gasteiger partial charge in [-0.25, -0.2) is 0 Å². The minimum absolute atomic E-state index is 0.723. The molecule has 0 spiro atoms. The van der Waals surface area contributed by atoms with Gasteiger partial charge < -0.3 is 15.1 Å². The van der Waals surface area contributed by atoms with E-state index >= 15 is 0 Å². The van der Waals surface area contributed by atoms with Gasteiger partial charge in [0.25, 0.3) is 0 Å². The highest BCUT2D eigenvalue weighted by Gasteiger charge is 2.20. The summed E-state index contributed by atoms with van der Waals surface area (Å²) in [5, 5.41) is 3.60. The average Bonchev–Trinajstić information content (AvgIpc) is 2.44. The molecule has 0 fully saturated rings. The highest BCUT2D eigenvalue weighted by molar-refractivity contribution is 5.53. The zero-order chi connectivity index (χ0) is 15.2. The standard InChI is InChI=1S/C18H31N3/c1-15(2)13-21(10-9-20(3)4)14-16-11-17-7-5-6-8-18(17)19-12-16/h5-8,15-16,19H,9-14H2,1-4H3. The summed E-state index contributed by atoms with van der Waals surface area (Å²) in [4.78, 5) is 4.92. The molecule has 0 aliphatic carbocycles. The van der Waals surface area contributed by atoms with Gasteiger partial charge in [0.2, 0.25) is 0 Å². The molecule has 1 atom stereocenters. The van der Waals surface area contributed by atoms with E-state index in [1.165, 1.54) is 37.3 Å². The van der Waals surface area contributed by atoms with E-state index < -0.39 is 0 Å².